The highest BCUT2D eigenvalue weighted by Crippen LogP contribution is 2.30. The third-order valence-corrected chi connectivity index (χ3v) is 4.25. The van der Waals surface area contributed by atoms with E-state index >= 15 is 0 Å². The highest BCUT2D eigenvalue weighted by Gasteiger charge is 2.29. The fraction of sp³-hybridized carbons (Fsp3) is 0.417. The van der Waals surface area contributed by atoms with E-state index in [1.54, 1.807) is 6.07 Å². The molecule has 1 aromatic rings. The number of hydrogen-bond acceptors (Lipinski definition) is 4. The second kappa shape index (κ2) is 5.38. The van der Waals surface area contributed by atoms with Gasteiger partial charge in [-0.3, -0.25) is 4.79 Å². The molecule has 104 valence electrons. The smallest absolute Gasteiger partial charge is 0.264 e. The summed E-state index contributed by atoms with van der Waals surface area (Å²) in [6.07, 6.45) is 1.85. The average molecular weight is 304 g/mol. The molecule has 19 heavy (non-hydrogen) atoms. The third kappa shape index (κ3) is 3.61. The minimum absolute atomic E-state index is 0.00565. The Morgan fingerprint density at radius 2 is 2.16 bits per heavy atom. The van der Waals surface area contributed by atoms with Crippen molar-refractivity contribution in [3.8, 4) is 5.75 Å². The molecule has 0 aromatic heterocycles. The molecule has 0 saturated heterocycles. The number of carbonyl (C=O) groups is 1. The summed E-state index contributed by atoms with van der Waals surface area (Å²) in [6, 6.07) is 4.62. The van der Waals surface area contributed by atoms with Gasteiger partial charge in [0.1, 0.15) is 10.6 Å². The molecule has 1 aliphatic carbocycles. The van der Waals surface area contributed by atoms with Crippen molar-refractivity contribution in [3.63, 3.8) is 0 Å². The van der Waals surface area contributed by atoms with Gasteiger partial charge in [-0.05, 0) is 30.5 Å². The summed E-state index contributed by atoms with van der Waals surface area (Å²) in [5.41, 5.74) is 0.661. The first kappa shape index (κ1) is 14.1. The number of hydrogen-bond donors (Lipinski definition) is 1. The number of nitrogens with one attached hydrogen (secondary N) is 1. The van der Waals surface area contributed by atoms with Crippen molar-refractivity contribution in [3.05, 3.63) is 23.8 Å². The molecule has 2 rings (SSSR count). The van der Waals surface area contributed by atoms with Crippen LogP contribution < -0.4 is 10.1 Å². The summed E-state index contributed by atoms with van der Waals surface area (Å²) in [5, 5.41) is 2.76. The summed E-state index contributed by atoms with van der Waals surface area (Å²) in [7, 11) is 2.84. The lowest BCUT2D eigenvalue weighted by atomic mass is 10.2. The van der Waals surface area contributed by atoms with E-state index < -0.39 is 9.05 Å². The molecule has 0 heterocycles. The quantitative estimate of drug-likeness (QED) is 0.840. The monoisotopic (exact) mass is 303 g/mol. The van der Waals surface area contributed by atoms with Crippen LogP contribution in [-0.2, 0) is 20.4 Å². The highest BCUT2D eigenvalue weighted by molar-refractivity contribution is 8.13. The van der Waals surface area contributed by atoms with Gasteiger partial charge in [0.15, 0.2) is 0 Å². The van der Waals surface area contributed by atoms with Gasteiger partial charge < -0.3 is 10.1 Å². The van der Waals surface area contributed by atoms with Crippen LogP contribution in [0, 0.1) is 5.92 Å². The van der Waals surface area contributed by atoms with Crippen molar-refractivity contribution in [2.75, 3.05) is 7.11 Å². The summed E-state index contributed by atoms with van der Waals surface area (Å²) in [4.78, 5) is 11.4. The zero-order chi connectivity index (χ0) is 14.0. The molecule has 0 aliphatic heterocycles. The standard InChI is InChI=1S/C12H14ClNO4S/c1-18-10-5-2-8(6-11(10)19(13,16)17)7-14-12(15)9-3-4-9/h2,5-6,9H,3-4,7H2,1H3,(H,14,15). The lowest BCUT2D eigenvalue weighted by Crippen LogP contribution is -2.24. The number of carbonyl (C=O) groups excluding carboxylic acids is 1. The Kier molecular flexibility index (Phi) is 4.01. The fourth-order valence-corrected chi connectivity index (χ4v) is 2.75. The van der Waals surface area contributed by atoms with Crippen LogP contribution in [-0.4, -0.2) is 21.4 Å². The van der Waals surface area contributed by atoms with Crippen LogP contribution in [0.5, 0.6) is 5.75 Å². The molecule has 0 atom stereocenters. The molecule has 1 saturated carbocycles. The van der Waals surface area contributed by atoms with Gasteiger partial charge in [0, 0.05) is 23.1 Å². The van der Waals surface area contributed by atoms with Gasteiger partial charge in [-0.2, -0.15) is 0 Å². The predicted octanol–water partition coefficient (Wildman–Crippen LogP) is 1.65. The summed E-state index contributed by atoms with van der Waals surface area (Å²) >= 11 is 0. The van der Waals surface area contributed by atoms with Crippen molar-refractivity contribution >= 4 is 25.6 Å². The zero-order valence-electron chi connectivity index (χ0n) is 10.3. The normalized spacial score (nSPS) is 15.1. The first-order valence-corrected chi connectivity index (χ1v) is 8.12. The Balaban J connectivity index is 2.15. The van der Waals surface area contributed by atoms with Crippen LogP contribution in [0.4, 0.5) is 0 Å². The SMILES string of the molecule is COc1ccc(CNC(=O)C2CC2)cc1S(=O)(=O)Cl. The second-order valence-corrected chi connectivity index (χ2v) is 6.95. The summed E-state index contributed by atoms with van der Waals surface area (Å²) in [6.45, 7) is 0.277. The first-order chi connectivity index (χ1) is 8.91. The lowest BCUT2D eigenvalue weighted by Gasteiger charge is -2.09. The molecule has 0 spiro atoms. The van der Waals surface area contributed by atoms with Crippen LogP contribution in [0.15, 0.2) is 23.1 Å². The maximum absolute atomic E-state index is 11.5. The second-order valence-electron chi connectivity index (χ2n) is 4.42. The fourth-order valence-electron chi connectivity index (χ4n) is 1.70. The summed E-state index contributed by atoms with van der Waals surface area (Å²) < 4.78 is 27.8. The number of halogens is 1. The largest absolute Gasteiger partial charge is 0.495 e. The molecular weight excluding hydrogens is 290 g/mol. The number of benzene rings is 1. The Hall–Kier alpha value is -1.27. The van der Waals surface area contributed by atoms with Gasteiger partial charge in [0.2, 0.25) is 5.91 Å². The van der Waals surface area contributed by atoms with E-state index in [0.717, 1.165) is 12.8 Å². The number of ether oxygens (including phenoxy) is 1. The average Bonchev–Trinajstić information content (AvgIpc) is 3.18. The summed E-state index contributed by atoms with van der Waals surface area (Å²) in [5.74, 6) is 0.313. The van der Waals surface area contributed by atoms with Crippen LogP contribution in [0.3, 0.4) is 0 Å². The Morgan fingerprint density at radius 1 is 1.47 bits per heavy atom. The maximum Gasteiger partial charge on any atom is 0.264 e. The maximum atomic E-state index is 11.5. The Morgan fingerprint density at radius 3 is 2.68 bits per heavy atom. The van der Waals surface area contributed by atoms with E-state index in [1.807, 2.05) is 0 Å². The molecular formula is C12H14ClNO4S. The van der Waals surface area contributed by atoms with E-state index in [1.165, 1.54) is 19.2 Å². The van der Waals surface area contributed by atoms with E-state index in [9.17, 15) is 13.2 Å². The molecule has 0 radical (unpaired) electrons. The van der Waals surface area contributed by atoms with Crippen molar-refractivity contribution in [1.29, 1.82) is 0 Å². The van der Waals surface area contributed by atoms with Gasteiger partial charge in [-0.1, -0.05) is 6.07 Å². The third-order valence-electron chi connectivity index (χ3n) is 2.91. The molecule has 0 bridgehead atoms. The van der Waals surface area contributed by atoms with Gasteiger partial charge >= 0.3 is 0 Å². The van der Waals surface area contributed by atoms with E-state index in [0.29, 0.717) is 5.56 Å². The van der Waals surface area contributed by atoms with E-state index in [2.05, 4.69) is 5.32 Å². The van der Waals surface area contributed by atoms with Gasteiger partial charge in [-0.15, -0.1) is 0 Å². The van der Waals surface area contributed by atoms with Crippen LogP contribution in [0.2, 0.25) is 0 Å². The molecule has 0 unspecified atom stereocenters. The van der Waals surface area contributed by atoms with Gasteiger partial charge in [-0.25, -0.2) is 8.42 Å². The number of rotatable bonds is 5. The van der Waals surface area contributed by atoms with Crippen LogP contribution in [0.1, 0.15) is 18.4 Å². The Labute approximate surface area is 116 Å². The predicted molar refractivity (Wildman–Crippen MR) is 70.6 cm³/mol. The van der Waals surface area contributed by atoms with Gasteiger partial charge in [0.05, 0.1) is 7.11 Å². The Bertz CT molecular complexity index is 596. The zero-order valence-corrected chi connectivity index (χ0v) is 11.9. The van der Waals surface area contributed by atoms with Gasteiger partial charge in [0.25, 0.3) is 9.05 Å². The van der Waals surface area contributed by atoms with Crippen molar-refractivity contribution in [2.24, 2.45) is 5.92 Å². The van der Waals surface area contributed by atoms with E-state index in [4.69, 9.17) is 15.4 Å². The van der Waals surface area contributed by atoms with E-state index in [-0.39, 0.29) is 29.0 Å². The molecule has 7 heteroatoms. The first-order valence-electron chi connectivity index (χ1n) is 5.81. The highest BCUT2D eigenvalue weighted by atomic mass is 35.7. The minimum atomic E-state index is -3.88. The van der Waals surface area contributed by atoms with Crippen LogP contribution >= 0.6 is 10.7 Å². The van der Waals surface area contributed by atoms with Crippen molar-refractivity contribution in [2.45, 2.75) is 24.3 Å². The molecule has 1 aromatic carbocycles. The molecule has 1 fully saturated rings. The van der Waals surface area contributed by atoms with Crippen LogP contribution in [0.25, 0.3) is 0 Å². The van der Waals surface area contributed by atoms with Crippen molar-refractivity contribution in [1.82, 2.24) is 5.32 Å². The molecule has 1 aliphatic rings. The number of amides is 1. The lowest BCUT2D eigenvalue weighted by molar-refractivity contribution is -0.122. The molecule has 5 nitrogen and oxygen atoms in total. The molecule has 1 amide bonds. The van der Waals surface area contributed by atoms with Crippen molar-refractivity contribution < 1.29 is 17.9 Å². The minimum Gasteiger partial charge on any atom is -0.495 e. The molecule has 1 N–H and O–H groups in total. The topological polar surface area (TPSA) is 72.5 Å². The number of methoxy groups -OCH3 is 1.